The first-order valence-electron chi connectivity index (χ1n) is 6.52. The molecule has 5 nitrogen and oxygen atoms in total. The molecule has 1 aliphatic heterocycles. The number of nitrogens with one attached hydrogen (secondary N) is 2. The number of hydrogen-bond donors (Lipinski definition) is 2. The van der Waals surface area contributed by atoms with E-state index in [2.05, 4.69) is 48.2 Å². The SMILES string of the molecule is O=c1cc(N2CCC(Nc3cccc(Br)c3)C2)nc[nH]1. The Hall–Kier alpha value is -1.82. The van der Waals surface area contributed by atoms with Crippen molar-refractivity contribution >= 4 is 27.4 Å². The maximum atomic E-state index is 11.3. The van der Waals surface area contributed by atoms with Gasteiger partial charge in [0.25, 0.3) is 5.56 Å². The summed E-state index contributed by atoms with van der Waals surface area (Å²) in [6, 6.07) is 10.0. The molecule has 1 atom stereocenters. The molecule has 0 radical (unpaired) electrons. The second-order valence-electron chi connectivity index (χ2n) is 4.86. The first kappa shape index (κ1) is 13.2. The summed E-state index contributed by atoms with van der Waals surface area (Å²) in [6.07, 6.45) is 2.48. The van der Waals surface area contributed by atoms with Gasteiger partial charge in [-0.1, -0.05) is 22.0 Å². The number of benzene rings is 1. The van der Waals surface area contributed by atoms with Crippen molar-refractivity contribution in [1.82, 2.24) is 9.97 Å². The molecule has 6 heteroatoms. The molecule has 1 unspecified atom stereocenters. The molecular weight excluding hydrogens is 320 g/mol. The van der Waals surface area contributed by atoms with Crippen molar-refractivity contribution in [2.75, 3.05) is 23.3 Å². The van der Waals surface area contributed by atoms with Crippen LogP contribution in [0.15, 0.2) is 45.9 Å². The van der Waals surface area contributed by atoms with Gasteiger partial charge in [0, 0.05) is 35.4 Å². The van der Waals surface area contributed by atoms with E-state index in [1.54, 1.807) is 6.07 Å². The molecule has 20 heavy (non-hydrogen) atoms. The van der Waals surface area contributed by atoms with Gasteiger partial charge in [0.1, 0.15) is 5.82 Å². The van der Waals surface area contributed by atoms with Gasteiger partial charge in [0.05, 0.1) is 6.33 Å². The summed E-state index contributed by atoms with van der Waals surface area (Å²) in [5.41, 5.74) is 0.989. The van der Waals surface area contributed by atoms with E-state index < -0.39 is 0 Å². The third-order valence-corrected chi connectivity index (χ3v) is 3.86. The van der Waals surface area contributed by atoms with Crippen LogP contribution in [0.1, 0.15) is 6.42 Å². The minimum absolute atomic E-state index is 0.113. The number of anilines is 2. The van der Waals surface area contributed by atoms with E-state index in [9.17, 15) is 4.79 Å². The minimum Gasteiger partial charge on any atom is -0.380 e. The van der Waals surface area contributed by atoms with Gasteiger partial charge in [-0.05, 0) is 24.6 Å². The maximum Gasteiger partial charge on any atom is 0.252 e. The van der Waals surface area contributed by atoms with Gasteiger partial charge in [0.2, 0.25) is 0 Å². The van der Waals surface area contributed by atoms with Gasteiger partial charge < -0.3 is 15.2 Å². The fourth-order valence-corrected chi connectivity index (χ4v) is 2.83. The van der Waals surface area contributed by atoms with Crippen LogP contribution in [-0.2, 0) is 0 Å². The zero-order valence-corrected chi connectivity index (χ0v) is 12.4. The highest BCUT2D eigenvalue weighted by Gasteiger charge is 2.23. The van der Waals surface area contributed by atoms with Crippen LogP contribution in [0.2, 0.25) is 0 Å². The number of hydrogen-bond acceptors (Lipinski definition) is 4. The molecule has 2 heterocycles. The monoisotopic (exact) mass is 334 g/mol. The Labute approximate surface area is 125 Å². The van der Waals surface area contributed by atoms with Crippen LogP contribution < -0.4 is 15.8 Å². The average molecular weight is 335 g/mol. The van der Waals surface area contributed by atoms with Crippen molar-refractivity contribution in [2.24, 2.45) is 0 Å². The summed E-state index contributed by atoms with van der Waals surface area (Å²) < 4.78 is 1.06. The van der Waals surface area contributed by atoms with Crippen molar-refractivity contribution in [3.63, 3.8) is 0 Å². The van der Waals surface area contributed by atoms with E-state index >= 15 is 0 Å². The number of H-pyrrole nitrogens is 1. The van der Waals surface area contributed by atoms with E-state index in [0.717, 1.165) is 35.5 Å². The quantitative estimate of drug-likeness (QED) is 0.903. The fourth-order valence-electron chi connectivity index (χ4n) is 2.43. The molecule has 0 aliphatic carbocycles. The molecule has 1 aliphatic rings. The van der Waals surface area contributed by atoms with Crippen LogP contribution in [0.3, 0.4) is 0 Å². The molecule has 2 N–H and O–H groups in total. The molecule has 0 spiro atoms. The summed E-state index contributed by atoms with van der Waals surface area (Å²) in [7, 11) is 0. The van der Waals surface area contributed by atoms with Crippen LogP contribution >= 0.6 is 15.9 Å². The Morgan fingerprint density at radius 3 is 3.10 bits per heavy atom. The lowest BCUT2D eigenvalue weighted by molar-refractivity contribution is 0.805. The standard InChI is InChI=1S/C14H15BrN4O/c15-10-2-1-3-11(6-10)18-12-4-5-19(8-12)13-7-14(20)17-9-16-13/h1-3,6-7,9,12,18H,4-5,8H2,(H,16,17,20). The smallest absolute Gasteiger partial charge is 0.252 e. The third kappa shape index (κ3) is 3.01. The Kier molecular flexibility index (Phi) is 3.73. The normalized spacial score (nSPS) is 18.2. The second kappa shape index (κ2) is 5.66. The molecule has 1 aromatic carbocycles. The Bertz CT molecular complexity index is 657. The third-order valence-electron chi connectivity index (χ3n) is 3.37. The first-order chi connectivity index (χ1) is 9.70. The summed E-state index contributed by atoms with van der Waals surface area (Å²) >= 11 is 3.47. The molecule has 2 aromatic rings. The lowest BCUT2D eigenvalue weighted by atomic mass is 10.2. The maximum absolute atomic E-state index is 11.3. The lowest BCUT2D eigenvalue weighted by Gasteiger charge is -2.18. The zero-order valence-electron chi connectivity index (χ0n) is 10.8. The highest BCUT2D eigenvalue weighted by atomic mass is 79.9. The van der Waals surface area contributed by atoms with Crippen LogP contribution in [0.4, 0.5) is 11.5 Å². The van der Waals surface area contributed by atoms with Gasteiger partial charge >= 0.3 is 0 Å². The molecule has 0 amide bonds. The van der Waals surface area contributed by atoms with Crippen LogP contribution in [-0.4, -0.2) is 29.1 Å². The summed E-state index contributed by atoms with van der Waals surface area (Å²) in [5.74, 6) is 0.743. The van der Waals surface area contributed by atoms with Gasteiger partial charge in [-0.3, -0.25) is 4.79 Å². The molecule has 0 bridgehead atoms. The number of aromatic amines is 1. The Morgan fingerprint density at radius 1 is 1.40 bits per heavy atom. The van der Waals surface area contributed by atoms with Crippen molar-refractivity contribution in [1.29, 1.82) is 0 Å². The predicted octanol–water partition coefficient (Wildman–Crippen LogP) is 2.22. The van der Waals surface area contributed by atoms with Crippen molar-refractivity contribution < 1.29 is 0 Å². The molecule has 0 saturated carbocycles. The number of aromatic nitrogens is 2. The van der Waals surface area contributed by atoms with E-state index in [4.69, 9.17) is 0 Å². The summed E-state index contributed by atoms with van der Waals surface area (Å²) in [4.78, 5) is 20.2. The number of rotatable bonds is 3. The highest BCUT2D eigenvalue weighted by molar-refractivity contribution is 9.10. The van der Waals surface area contributed by atoms with Crippen LogP contribution in [0, 0.1) is 0 Å². The van der Waals surface area contributed by atoms with Crippen molar-refractivity contribution in [3.05, 3.63) is 51.5 Å². The molecular formula is C14H15BrN4O. The molecule has 104 valence electrons. The van der Waals surface area contributed by atoms with Crippen LogP contribution in [0.5, 0.6) is 0 Å². The summed E-state index contributed by atoms with van der Waals surface area (Å²) in [6.45, 7) is 1.76. The molecule has 1 fully saturated rings. The topological polar surface area (TPSA) is 61.0 Å². The number of halogens is 1. The molecule has 1 saturated heterocycles. The molecule has 3 rings (SSSR count). The summed E-state index contributed by atoms with van der Waals surface area (Å²) in [5, 5.41) is 3.51. The zero-order chi connectivity index (χ0) is 13.9. The number of nitrogens with zero attached hydrogens (tertiary/aromatic N) is 2. The predicted molar refractivity (Wildman–Crippen MR) is 83.2 cm³/mol. The second-order valence-corrected chi connectivity index (χ2v) is 5.77. The van der Waals surface area contributed by atoms with E-state index in [-0.39, 0.29) is 5.56 Å². The minimum atomic E-state index is -0.113. The van der Waals surface area contributed by atoms with Gasteiger partial charge in [-0.2, -0.15) is 0 Å². The lowest BCUT2D eigenvalue weighted by Crippen LogP contribution is -2.27. The Balaban J connectivity index is 1.66. The average Bonchev–Trinajstić information content (AvgIpc) is 2.87. The fraction of sp³-hybridized carbons (Fsp3) is 0.286. The highest BCUT2D eigenvalue weighted by Crippen LogP contribution is 2.21. The van der Waals surface area contributed by atoms with E-state index in [0.29, 0.717) is 6.04 Å². The van der Waals surface area contributed by atoms with Gasteiger partial charge in [0.15, 0.2) is 0 Å². The van der Waals surface area contributed by atoms with Crippen molar-refractivity contribution in [2.45, 2.75) is 12.5 Å². The molecule has 1 aromatic heterocycles. The Morgan fingerprint density at radius 2 is 2.30 bits per heavy atom. The largest absolute Gasteiger partial charge is 0.380 e. The van der Waals surface area contributed by atoms with Gasteiger partial charge in [-0.25, -0.2) is 4.98 Å². The van der Waals surface area contributed by atoms with E-state index in [1.807, 2.05) is 12.1 Å². The van der Waals surface area contributed by atoms with E-state index in [1.165, 1.54) is 6.33 Å². The van der Waals surface area contributed by atoms with Crippen LogP contribution in [0.25, 0.3) is 0 Å². The van der Waals surface area contributed by atoms with Gasteiger partial charge in [-0.15, -0.1) is 0 Å². The van der Waals surface area contributed by atoms with Crippen molar-refractivity contribution in [3.8, 4) is 0 Å². The first-order valence-corrected chi connectivity index (χ1v) is 7.32.